The molecular weight excluding hydrogens is 370 g/mol. The largest absolute Gasteiger partial charge is 0.495 e. The highest BCUT2D eigenvalue weighted by atomic mass is 35.5. The molecule has 1 amide bonds. The van der Waals surface area contributed by atoms with E-state index < -0.39 is 0 Å². The van der Waals surface area contributed by atoms with Crippen molar-refractivity contribution in [1.82, 2.24) is 10.3 Å². The predicted molar refractivity (Wildman–Crippen MR) is 103 cm³/mol. The first-order valence-corrected chi connectivity index (χ1v) is 9.03. The number of carbonyl (C=O) groups is 1. The van der Waals surface area contributed by atoms with Crippen LogP contribution in [0.4, 0.5) is 11.4 Å². The number of anilines is 2. The highest BCUT2D eigenvalue weighted by molar-refractivity contribution is 6.32. The van der Waals surface area contributed by atoms with E-state index in [2.05, 4.69) is 15.6 Å². The Labute approximate surface area is 163 Å². The van der Waals surface area contributed by atoms with Gasteiger partial charge in [-0.15, -0.1) is 0 Å². The van der Waals surface area contributed by atoms with E-state index >= 15 is 0 Å². The monoisotopic (exact) mass is 391 g/mol. The van der Waals surface area contributed by atoms with E-state index in [0.29, 0.717) is 40.1 Å². The highest BCUT2D eigenvalue weighted by Crippen LogP contribution is 2.37. The molecule has 1 aromatic carbocycles. The molecule has 1 aliphatic heterocycles. The van der Waals surface area contributed by atoms with Crippen LogP contribution < -0.4 is 20.1 Å². The third kappa shape index (κ3) is 4.81. The van der Waals surface area contributed by atoms with Gasteiger partial charge in [0.05, 0.1) is 42.9 Å². The first-order valence-electron chi connectivity index (χ1n) is 8.65. The van der Waals surface area contributed by atoms with Gasteiger partial charge in [-0.05, 0) is 25.0 Å². The van der Waals surface area contributed by atoms with Crippen LogP contribution >= 0.6 is 11.6 Å². The number of rotatable bonds is 7. The normalized spacial score (nSPS) is 16.0. The molecule has 3 rings (SSSR count). The van der Waals surface area contributed by atoms with Crippen LogP contribution in [0.3, 0.4) is 0 Å². The van der Waals surface area contributed by atoms with Gasteiger partial charge in [0, 0.05) is 25.3 Å². The van der Waals surface area contributed by atoms with E-state index in [-0.39, 0.29) is 12.0 Å². The number of hydrogen-bond acceptors (Lipinski definition) is 6. The fraction of sp³-hybridized carbons (Fsp3) is 0.368. The summed E-state index contributed by atoms with van der Waals surface area (Å²) in [4.78, 5) is 16.4. The molecule has 0 radical (unpaired) electrons. The predicted octanol–water partition coefficient (Wildman–Crippen LogP) is 3.40. The molecule has 1 atom stereocenters. The van der Waals surface area contributed by atoms with Crippen LogP contribution in [0.1, 0.15) is 23.3 Å². The van der Waals surface area contributed by atoms with Crippen LogP contribution in [-0.4, -0.2) is 44.4 Å². The first kappa shape index (κ1) is 19.3. The summed E-state index contributed by atoms with van der Waals surface area (Å²) in [6.07, 6.45) is 3.70. The van der Waals surface area contributed by atoms with Crippen molar-refractivity contribution in [2.45, 2.75) is 18.9 Å². The molecule has 1 aromatic heterocycles. The van der Waals surface area contributed by atoms with Crippen molar-refractivity contribution in [3.8, 4) is 11.5 Å². The number of halogens is 1. The van der Waals surface area contributed by atoms with Gasteiger partial charge in [-0.1, -0.05) is 11.6 Å². The Hall–Kier alpha value is -2.51. The van der Waals surface area contributed by atoms with Crippen LogP contribution in [0, 0.1) is 0 Å². The minimum atomic E-state index is -0.220. The summed E-state index contributed by atoms with van der Waals surface area (Å²) in [5.74, 6) is 0.875. The van der Waals surface area contributed by atoms with Gasteiger partial charge in [0.1, 0.15) is 17.2 Å². The molecular formula is C19H22ClN3O4. The summed E-state index contributed by atoms with van der Waals surface area (Å²) in [5, 5.41) is 6.50. The van der Waals surface area contributed by atoms with Crippen molar-refractivity contribution in [2.75, 3.05) is 32.7 Å². The van der Waals surface area contributed by atoms with Crippen LogP contribution in [0.15, 0.2) is 30.5 Å². The lowest BCUT2D eigenvalue weighted by atomic mass is 10.2. The van der Waals surface area contributed by atoms with Crippen LogP contribution in [0.5, 0.6) is 11.5 Å². The fourth-order valence-corrected chi connectivity index (χ4v) is 3.05. The zero-order valence-corrected chi connectivity index (χ0v) is 16.0. The molecule has 0 saturated carbocycles. The summed E-state index contributed by atoms with van der Waals surface area (Å²) < 4.78 is 16.1. The second-order valence-corrected chi connectivity index (χ2v) is 6.50. The summed E-state index contributed by atoms with van der Waals surface area (Å²) in [6, 6.07) is 6.84. The van der Waals surface area contributed by atoms with Crippen molar-refractivity contribution in [3.63, 3.8) is 0 Å². The fourth-order valence-electron chi connectivity index (χ4n) is 2.82. The number of carbonyl (C=O) groups excluding carboxylic acids is 1. The second-order valence-electron chi connectivity index (χ2n) is 6.09. The Morgan fingerprint density at radius 3 is 2.74 bits per heavy atom. The van der Waals surface area contributed by atoms with E-state index in [1.165, 1.54) is 0 Å². The van der Waals surface area contributed by atoms with Gasteiger partial charge < -0.3 is 24.8 Å². The van der Waals surface area contributed by atoms with Crippen molar-refractivity contribution in [2.24, 2.45) is 0 Å². The van der Waals surface area contributed by atoms with Gasteiger partial charge in [0.25, 0.3) is 5.91 Å². The maximum absolute atomic E-state index is 12.2. The van der Waals surface area contributed by atoms with Crippen LogP contribution in [0.25, 0.3) is 0 Å². The lowest BCUT2D eigenvalue weighted by molar-refractivity contribution is 0.0854. The molecule has 2 aromatic rings. The average Bonchev–Trinajstić information content (AvgIpc) is 3.21. The molecule has 0 bridgehead atoms. The van der Waals surface area contributed by atoms with Gasteiger partial charge in [-0.2, -0.15) is 0 Å². The molecule has 1 aliphatic rings. The molecule has 1 fully saturated rings. The van der Waals surface area contributed by atoms with Crippen molar-refractivity contribution in [3.05, 3.63) is 41.2 Å². The molecule has 7 nitrogen and oxygen atoms in total. The minimum Gasteiger partial charge on any atom is -0.495 e. The van der Waals surface area contributed by atoms with Gasteiger partial charge in [0.2, 0.25) is 0 Å². The van der Waals surface area contributed by atoms with Crippen LogP contribution in [0.2, 0.25) is 5.02 Å². The minimum absolute atomic E-state index is 0.0993. The summed E-state index contributed by atoms with van der Waals surface area (Å²) in [5.41, 5.74) is 1.73. The highest BCUT2D eigenvalue weighted by Gasteiger charge is 2.17. The molecule has 2 heterocycles. The number of pyridine rings is 1. The van der Waals surface area contributed by atoms with E-state index in [0.717, 1.165) is 19.4 Å². The maximum Gasteiger partial charge on any atom is 0.269 e. The molecule has 0 aliphatic carbocycles. The molecule has 1 saturated heterocycles. The van der Waals surface area contributed by atoms with Crippen molar-refractivity contribution >= 4 is 28.9 Å². The van der Waals surface area contributed by atoms with E-state index in [1.807, 2.05) is 0 Å². The Bertz CT molecular complexity index is 792. The van der Waals surface area contributed by atoms with Crippen LogP contribution in [-0.2, 0) is 4.74 Å². The third-order valence-corrected chi connectivity index (χ3v) is 4.56. The lowest BCUT2D eigenvalue weighted by Crippen LogP contribution is -2.32. The number of methoxy groups -OCH3 is 2. The van der Waals surface area contributed by atoms with Gasteiger partial charge in [0.15, 0.2) is 0 Å². The van der Waals surface area contributed by atoms with E-state index in [9.17, 15) is 4.79 Å². The summed E-state index contributed by atoms with van der Waals surface area (Å²) in [6.45, 7) is 1.26. The number of nitrogens with one attached hydrogen (secondary N) is 2. The van der Waals surface area contributed by atoms with Crippen molar-refractivity contribution in [1.29, 1.82) is 0 Å². The zero-order chi connectivity index (χ0) is 19.2. The topological polar surface area (TPSA) is 81.7 Å². The number of ether oxygens (including phenoxy) is 3. The third-order valence-electron chi connectivity index (χ3n) is 4.26. The van der Waals surface area contributed by atoms with Gasteiger partial charge >= 0.3 is 0 Å². The van der Waals surface area contributed by atoms with Gasteiger partial charge in [-0.25, -0.2) is 4.98 Å². The Morgan fingerprint density at radius 1 is 1.30 bits per heavy atom. The smallest absolute Gasteiger partial charge is 0.269 e. The molecule has 27 heavy (non-hydrogen) atoms. The van der Waals surface area contributed by atoms with E-state index in [1.54, 1.807) is 44.7 Å². The summed E-state index contributed by atoms with van der Waals surface area (Å²) >= 11 is 6.12. The Kier molecular flexibility index (Phi) is 6.36. The maximum atomic E-state index is 12.2. The first-order chi connectivity index (χ1) is 13.1. The zero-order valence-electron chi connectivity index (χ0n) is 15.3. The SMILES string of the molecule is COc1cc(Nc2ccc(C(=O)NCC3CCCO3)nc2)c(OC)cc1Cl. The van der Waals surface area contributed by atoms with Crippen molar-refractivity contribution < 1.29 is 19.0 Å². The number of nitrogens with zero attached hydrogens (tertiary/aromatic N) is 1. The second kappa shape index (κ2) is 8.92. The number of hydrogen-bond donors (Lipinski definition) is 2. The average molecular weight is 392 g/mol. The molecule has 1 unspecified atom stereocenters. The molecule has 144 valence electrons. The van der Waals surface area contributed by atoms with E-state index in [4.69, 9.17) is 25.8 Å². The standard InChI is InChI=1S/C19H22ClN3O4/c1-25-17-9-16(18(26-2)8-14(17)20)23-12-5-6-15(21-10-12)19(24)22-11-13-4-3-7-27-13/h5-6,8-10,13,23H,3-4,7,11H2,1-2H3,(H,22,24). The number of benzene rings is 1. The molecule has 8 heteroatoms. The quantitative estimate of drug-likeness (QED) is 0.752. The molecule has 0 spiro atoms. The van der Waals surface area contributed by atoms with Gasteiger partial charge in [-0.3, -0.25) is 4.79 Å². The molecule has 2 N–H and O–H groups in total. The Morgan fingerprint density at radius 2 is 2.11 bits per heavy atom. The lowest BCUT2D eigenvalue weighted by Gasteiger charge is -2.14. The summed E-state index contributed by atoms with van der Waals surface area (Å²) in [7, 11) is 3.10. The number of aromatic nitrogens is 1. The number of amides is 1. The Balaban J connectivity index is 1.66.